The quantitative estimate of drug-likeness (QED) is 0.885. The third kappa shape index (κ3) is 2.89. The molecule has 0 saturated carbocycles. The van der Waals surface area contributed by atoms with Gasteiger partial charge in [-0.05, 0) is 12.5 Å². The van der Waals surface area contributed by atoms with Crippen molar-refractivity contribution in [2.75, 3.05) is 13.1 Å². The highest BCUT2D eigenvalue weighted by atomic mass is 19.1. The van der Waals surface area contributed by atoms with E-state index >= 15 is 0 Å². The summed E-state index contributed by atoms with van der Waals surface area (Å²) in [6.45, 7) is 2.81. The van der Waals surface area contributed by atoms with Gasteiger partial charge in [0.15, 0.2) is 0 Å². The van der Waals surface area contributed by atoms with Crippen LogP contribution in [0, 0.1) is 5.82 Å². The number of halogens is 1. The molecule has 1 aromatic rings. The average molecular weight is 265 g/mol. The molecule has 0 aliphatic carbocycles. The highest BCUT2D eigenvalue weighted by Gasteiger charge is 2.32. The van der Waals surface area contributed by atoms with E-state index in [1.807, 2.05) is 6.92 Å². The number of hydrogen-bond acceptors (Lipinski definition) is 3. The molecule has 0 radical (unpaired) electrons. The third-order valence-electron chi connectivity index (χ3n) is 3.11. The Morgan fingerprint density at radius 3 is 3.05 bits per heavy atom. The van der Waals surface area contributed by atoms with Gasteiger partial charge in [0.25, 0.3) is 5.91 Å². The van der Waals surface area contributed by atoms with Crippen LogP contribution in [0.5, 0.6) is 0 Å². The summed E-state index contributed by atoms with van der Waals surface area (Å²) in [6, 6.07) is 0.666. The largest absolute Gasteiger partial charge is 0.353 e. The molecule has 19 heavy (non-hydrogen) atoms. The van der Waals surface area contributed by atoms with Crippen LogP contribution in [0.1, 0.15) is 30.1 Å². The van der Waals surface area contributed by atoms with Crippen molar-refractivity contribution in [1.29, 1.82) is 0 Å². The average Bonchev–Trinajstić information content (AvgIpc) is 2.40. The number of carbonyl (C=O) groups is 2. The Balaban J connectivity index is 2.22. The highest BCUT2D eigenvalue weighted by molar-refractivity contribution is 5.98. The fourth-order valence-electron chi connectivity index (χ4n) is 2.21. The Labute approximate surface area is 110 Å². The number of carbonyl (C=O) groups excluding carboxylic acids is 2. The van der Waals surface area contributed by atoms with Gasteiger partial charge < -0.3 is 10.2 Å². The first kappa shape index (κ1) is 13.5. The number of nitrogens with one attached hydrogen (secondary N) is 1. The molecule has 2 amide bonds. The lowest BCUT2D eigenvalue weighted by molar-refractivity contribution is -0.128. The van der Waals surface area contributed by atoms with Gasteiger partial charge in [-0.2, -0.15) is 0 Å². The first-order valence-electron chi connectivity index (χ1n) is 6.32. The van der Waals surface area contributed by atoms with E-state index in [4.69, 9.17) is 0 Å². The van der Waals surface area contributed by atoms with Gasteiger partial charge in [0.2, 0.25) is 5.91 Å². The van der Waals surface area contributed by atoms with Crippen molar-refractivity contribution in [3.8, 4) is 0 Å². The van der Waals surface area contributed by atoms with Crippen LogP contribution in [0.2, 0.25) is 0 Å². The smallest absolute Gasteiger partial charge is 0.256 e. The Bertz CT molecular complexity index is 493. The van der Waals surface area contributed by atoms with Crippen LogP contribution in [0.4, 0.5) is 4.39 Å². The van der Waals surface area contributed by atoms with Crippen molar-refractivity contribution in [3.63, 3.8) is 0 Å². The Hall–Kier alpha value is -1.98. The summed E-state index contributed by atoms with van der Waals surface area (Å²) in [5.41, 5.74) is 0.177. The Kier molecular flexibility index (Phi) is 4.09. The van der Waals surface area contributed by atoms with Crippen molar-refractivity contribution in [2.45, 2.75) is 25.8 Å². The maximum Gasteiger partial charge on any atom is 0.256 e. The first-order valence-corrected chi connectivity index (χ1v) is 6.32. The van der Waals surface area contributed by atoms with Gasteiger partial charge in [-0.3, -0.25) is 14.6 Å². The van der Waals surface area contributed by atoms with E-state index in [0.717, 1.165) is 18.7 Å². The lowest BCUT2D eigenvalue weighted by atomic mass is 10.1. The topological polar surface area (TPSA) is 62.3 Å². The first-order chi connectivity index (χ1) is 9.13. The van der Waals surface area contributed by atoms with Gasteiger partial charge in [-0.25, -0.2) is 4.39 Å². The van der Waals surface area contributed by atoms with Gasteiger partial charge >= 0.3 is 0 Å². The molecule has 1 aromatic heterocycles. The van der Waals surface area contributed by atoms with Crippen LogP contribution >= 0.6 is 0 Å². The third-order valence-corrected chi connectivity index (χ3v) is 3.11. The second-order valence-corrected chi connectivity index (χ2v) is 4.49. The number of pyridine rings is 1. The molecule has 2 rings (SSSR count). The zero-order valence-corrected chi connectivity index (χ0v) is 10.7. The second-order valence-electron chi connectivity index (χ2n) is 4.49. The van der Waals surface area contributed by atoms with Gasteiger partial charge in [-0.15, -0.1) is 0 Å². The normalized spacial score (nSPS) is 19.2. The van der Waals surface area contributed by atoms with E-state index in [9.17, 15) is 14.0 Å². The molecule has 0 unspecified atom stereocenters. The maximum absolute atomic E-state index is 13.1. The van der Waals surface area contributed by atoms with Crippen LogP contribution < -0.4 is 5.32 Å². The minimum absolute atomic E-state index is 0.147. The van der Waals surface area contributed by atoms with Crippen molar-refractivity contribution in [3.05, 3.63) is 29.8 Å². The Morgan fingerprint density at radius 1 is 1.58 bits per heavy atom. The predicted octanol–water partition coefficient (Wildman–Crippen LogP) is 0.961. The van der Waals surface area contributed by atoms with Crippen LogP contribution in [0.3, 0.4) is 0 Å². The highest BCUT2D eigenvalue weighted by Crippen LogP contribution is 2.15. The zero-order chi connectivity index (χ0) is 13.8. The van der Waals surface area contributed by atoms with E-state index in [2.05, 4.69) is 10.3 Å². The van der Waals surface area contributed by atoms with E-state index in [1.54, 1.807) is 0 Å². The molecule has 102 valence electrons. The summed E-state index contributed by atoms with van der Waals surface area (Å²) in [5, 5.41) is 2.74. The van der Waals surface area contributed by atoms with Crippen LogP contribution in [0.25, 0.3) is 0 Å². The molecule has 1 aliphatic rings. The number of piperazine rings is 1. The van der Waals surface area contributed by atoms with E-state index in [0.29, 0.717) is 19.5 Å². The monoisotopic (exact) mass is 265 g/mol. The molecule has 1 fully saturated rings. The summed E-state index contributed by atoms with van der Waals surface area (Å²) in [5.74, 6) is -1.05. The summed E-state index contributed by atoms with van der Waals surface area (Å²) >= 11 is 0. The van der Waals surface area contributed by atoms with Crippen LogP contribution in [-0.2, 0) is 4.79 Å². The molecule has 1 N–H and O–H groups in total. The molecule has 6 heteroatoms. The van der Waals surface area contributed by atoms with E-state index in [-0.39, 0.29) is 17.4 Å². The number of rotatable bonds is 3. The summed E-state index contributed by atoms with van der Waals surface area (Å²) in [6.07, 6.45) is 3.76. The molecular formula is C13H16FN3O2. The van der Waals surface area contributed by atoms with Crippen LogP contribution in [0.15, 0.2) is 18.5 Å². The van der Waals surface area contributed by atoms with Crippen molar-refractivity contribution < 1.29 is 14.0 Å². The number of aromatic nitrogens is 1. The number of amides is 2. The van der Waals surface area contributed by atoms with E-state index < -0.39 is 11.9 Å². The predicted molar refractivity (Wildman–Crippen MR) is 66.9 cm³/mol. The molecule has 5 nitrogen and oxygen atoms in total. The minimum Gasteiger partial charge on any atom is -0.353 e. The van der Waals surface area contributed by atoms with Gasteiger partial charge in [-0.1, -0.05) is 13.3 Å². The van der Waals surface area contributed by atoms with Crippen molar-refractivity contribution >= 4 is 11.8 Å². The van der Waals surface area contributed by atoms with Crippen molar-refractivity contribution in [2.24, 2.45) is 0 Å². The fraction of sp³-hybridized carbons (Fsp3) is 0.462. The Morgan fingerprint density at radius 2 is 2.37 bits per heavy atom. The molecule has 1 saturated heterocycles. The van der Waals surface area contributed by atoms with Gasteiger partial charge in [0.1, 0.15) is 11.9 Å². The van der Waals surface area contributed by atoms with Gasteiger partial charge in [0, 0.05) is 19.3 Å². The minimum atomic E-state index is -0.556. The van der Waals surface area contributed by atoms with E-state index in [1.165, 1.54) is 11.1 Å². The van der Waals surface area contributed by atoms with Crippen LogP contribution in [-0.4, -0.2) is 40.8 Å². The molecule has 1 aliphatic heterocycles. The molecule has 1 atom stereocenters. The standard InChI is InChI=1S/C13H16FN3O2/c1-2-3-11-12(18)16-4-5-17(11)13(19)9-6-10(14)8-15-7-9/h6-8,11H,2-5H2,1H3,(H,16,18)/t11-/m1/s1. The zero-order valence-electron chi connectivity index (χ0n) is 10.7. The molecule has 0 aromatic carbocycles. The SMILES string of the molecule is CCC[C@@H]1C(=O)NCCN1C(=O)c1cncc(F)c1. The molecule has 2 heterocycles. The summed E-state index contributed by atoms with van der Waals surface area (Å²) in [7, 11) is 0. The maximum atomic E-state index is 13.1. The number of hydrogen-bond donors (Lipinski definition) is 1. The summed E-state index contributed by atoms with van der Waals surface area (Å²) in [4.78, 5) is 29.3. The second kappa shape index (κ2) is 5.77. The van der Waals surface area contributed by atoms with Gasteiger partial charge in [0.05, 0.1) is 11.8 Å². The lowest BCUT2D eigenvalue weighted by Gasteiger charge is -2.35. The lowest BCUT2D eigenvalue weighted by Crippen LogP contribution is -2.57. The molecular weight excluding hydrogens is 249 g/mol. The molecule has 0 bridgehead atoms. The van der Waals surface area contributed by atoms with Crippen molar-refractivity contribution in [1.82, 2.24) is 15.2 Å². The summed E-state index contributed by atoms with van der Waals surface area (Å²) < 4.78 is 13.1. The molecule has 0 spiro atoms. The number of nitrogens with zero attached hydrogens (tertiary/aromatic N) is 2. The fourth-order valence-corrected chi connectivity index (χ4v) is 2.21.